The summed E-state index contributed by atoms with van der Waals surface area (Å²) in [6, 6.07) is 9.37. The maximum Gasteiger partial charge on any atom is 0.288 e. The number of hydrogen-bond acceptors (Lipinski definition) is 6. The molecule has 1 amide bonds. The first-order valence-corrected chi connectivity index (χ1v) is 6.78. The number of amides is 1. The highest BCUT2D eigenvalue weighted by Gasteiger charge is 2.16. The Bertz CT molecular complexity index is 853. The van der Waals surface area contributed by atoms with Gasteiger partial charge < -0.3 is 0 Å². The van der Waals surface area contributed by atoms with Crippen LogP contribution in [0.5, 0.6) is 0 Å². The monoisotopic (exact) mass is 348 g/mol. The van der Waals surface area contributed by atoms with E-state index in [0.29, 0.717) is 0 Å². The van der Waals surface area contributed by atoms with Crippen molar-refractivity contribution in [3.63, 3.8) is 0 Å². The highest BCUT2D eigenvalue weighted by Crippen LogP contribution is 2.25. The maximum atomic E-state index is 11.9. The molecular formula is C14H9ClN4O5. The van der Waals surface area contributed by atoms with Crippen molar-refractivity contribution in [3.8, 4) is 0 Å². The van der Waals surface area contributed by atoms with E-state index in [0.717, 1.165) is 12.3 Å². The molecule has 2 rings (SSSR count). The summed E-state index contributed by atoms with van der Waals surface area (Å²) in [6.45, 7) is 0. The molecule has 0 bridgehead atoms. The highest BCUT2D eigenvalue weighted by atomic mass is 35.5. The second kappa shape index (κ2) is 7.29. The normalized spacial score (nSPS) is 10.5. The van der Waals surface area contributed by atoms with Gasteiger partial charge in [0.2, 0.25) is 0 Å². The number of nitro benzene ring substituents is 2. The molecule has 0 heterocycles. The first-order valence-electron chi connectivity index (χ1n) is 6.41. The van der Waals surface area contributed by atoms with Gasteiger partial charge in [-0.2, -0.15) is 5.10 Å². The molecule has 2 aromatic rings. The van der Waals surface area contributed by atoms with Gasteiger partial charge in [-0.05, 0) is 18.2 Å². The molecule has 0 aliphatic carbocycles. The van der Waals surface area contributed by atoms with Crippen molar-refractivity contribution in [1.82, 2.24) is 5.43 Å². The smallest absolute Gasteiger partial charge is 0.267 e. The molecule has 0 saturated carbocycles. The van der Waals surface area contributed by atoms with Crippen molar-refractivity contribution in [1.29, 1.82) is 0 Å². The summed E-state index contributed by atoms with van der Waals surface area (Å²) in [6.07, 6.45) is 1.11. The van der Waals surface area contributed by atoms with Crippen LogP contribution in [0, 0.1) is 20.2 Å². The zero-order valence-corrected chi connectivity index (χ0v) is 12.6. The summed E-state index contributed by atoms with van der Waals surface area (Å²) in [5.74, 6) is -0.718. The number of benzene rings is 2. The van der Waals surface area contributed by atoms with Gasteiger partial charge >= 0.3 is 0 Å². The number of halogens is 1. The number of nitro groups is 2. The standard InChI is InChI=1S/C14H9ClN4O5/c15-11-6-5-9(7-13(11)19(23)24)14(20)17-16-8-10-3-1-2-4-12(10)18(21)22/h1-8H,(H,17,20)/b16-8+. The average molecular weight is 349 g/mol. The number of para-hydroxylation sites is 1. The molecule has 0 radical (unpaired) electrons. The van der Waals surface area contributed by atoms with Gasteiger partial charge in [0.1, 0.15) is 5.02 Å². The largest absolute Gasteiger partial charge is 0.288 e. The lowest BCUT2D eigenvalue weighted by Crippen LogP contribution is -2.17. The summed E-state index contributed by atoms with van der Waals surface area (Å²) in [5, 5.41) is 25.2. The average Bonchev–Trinajstić information content (AvgIpc) is 2.55. The Hall–Kier alpha value is -3.33. The summed E-state index contributed by atoms with van der Waals surface area (Å²) >= 11 is 5.66. The van der Waals surface area contributed by atoms with Gasteiger partial charge in [0.25, 0.3) is 17.3 Å². The number of carbonyl (C=O) groups is 1. The van der Waals surface area contributed by atoms with Crippen LogP contribution in [0.15, 0.2) is 47.6 Å². The summed E-state index contributed by atoms with van der Waals surface area (Å²) < 4.78 is 0. The molecular weight excluding hydrogens is 340 g/mol. The van der Waals surface area contributed by atoms with Gasteiger partial charge in [-0.15, -0.1) is 0 Å². The predicted octanol–water partition coefficient (Wildman–Crippen LogP) is 2.92. The molecule has 2 aromatic carbocycles. The fraction of sp³-hybridized carbons (Fsp3) is 0. The molecule has 0 saturated heterocycles. The van der Waals surface area contributed by atoms with E-state index >= 15 is 0 Å². The summed E-state index contributed by atoms with van der Waals surface area (Å²) in [7, 11) is 0. The second-order valence-corrected chi connectivity index (χ2v) is 4.85. The van der Waals surface area contributed by atoms with Gasteiger partial charge in [0.05, 0.1) is 21.6 Å². The van der Waals surface area contributed by atoms with E-state index in [9.17, 15) is 25.0 Å². The van der Waals surface area contributed by atoms with E-state index < -0.39 is 21.4 Å². The zero-order chi connectivity index (χ0) is 17.7. The Morgan fingerprint density at radius 2 is 1.75 bits per heavy atom. The first-order chi connectivity index (χ1) is 11.4. The van der Waals surface area contributed by atoms with Crippen molar-refractivity contribution >= 4 is 35.1 Å². The van der Waals surface area contributed by atoms with E-state index in [-0.39, 0.29) is 21.8 Å². The zero-order valence-electron chi connectivity index (χ0n) is 11.9. The topological polar surface area (TPSA) is 128 Å². The van der Waals surface area contributed by atoms with Crippen molar-refractivity contribution in [2.75, 3.05) is 0 Å². The Kier molecular flexibility index (Phi) is 5.17. The van der Waals surface area contributed by atoms with E-state index in [1.165, 1.54) is 30.3 Å². The molecule has 122 valence electrons. The molecule has 0 atom stereocenters. The molecule has 0 fully saturated rings. The second-order valence-electron chi connectivity index (χ2n) is 4.44. The van der Waals surface area contributed by atoms with Crippen LogP contribution in [0.1, 0.15) is 15.9 Å². The molecule has 0 aliphatic rings. The lowest BCUT2D eigenvalue weighted by Gasteiger charge is -2.01. The number of nitrogens with zero attached hydrogens (tertiary/aromatic N) is 3. The van der Waals surface area contributed by atoms with Gasteiger partial charge in [0.15, 0.2) is 0 Å². The van der Waals surface area contributed by atoms with Crippen molar-refractivity contribution < 1.29 is 14.6 Å². The quantitative estimate of drug-likeness (QED) is 0.504. The van der Waals surface area contributed by atoms with E-state index in [1.807, 2.05) is 0 Å². The van der Waals surface area contributed by atoms with Gasteiger partial charge in [-0.1, -0.05) is 23.7 Å². The fourth-order valence-electron chi connectivity index (χ4n) is 1.78. The minimum Gasteiger partial charge on any atom is -0.267 e. The first kappa shape index (κ1) is 17.0. The molecule has 0 spiro atoms. The third-order valence-corrected chi connectivity index (χ3v) is 3.23. The molecule has 24 heavy (non-hydrogen) atoms. The van der Waals surface area contributed by atoms with Gasteiger partial charge in [-0.3, -0.25) is 25.0 Å². The molecule has 0 aromatic heterocycles. The minimum atomic E-state index is -0.718. The number of rotatable bonds is 5. The number of nitrogens with one attached hydrogen (secondary N) is 1. The fourth-order valence-corrected chi connectivity index (χ4v) is 1.97. The number of hydrogen-bond donors (Lipinski definition) is 1. The van der Waals surface area contributed by atoms with Crippen molar-refractivity contribution in [2.45, 2.75) is 0 Å². The van der Waals surface area contributed by atoms with Crippen LogP contribution >= 0.6 is 11.6 Å². The van der Waals surface area contributed by atoms with Gasteiger partial charge in [-0.25, -0.2) is 5.43 Å². The molecule has 9 nitrogen and oxygen atoms in total. The van der Waals surface area contributed by atoms with Crippen LogP contribution in [0.4, 0.5) is 11.4 Å². The van der Waals surface area contributed by atoms with Crippen LogP contribution in [0.25, 0.3) is 0 Å². The summed E-state index contributed by atoms with van der Waals surface area (Å²) in [5.41, 5.74) is 1.74. The Morgan fingerprint density at radius 3 is 2.42 bits per heavy atom. The minimum absolute atomic E-state index is 0.0224. The van der Waals surface area contributed by atoms with Crippen LogP contribution < -0.4 is 5.43 Å². The molecule has 0 unspecified atom stereocenters. The van der Waals surface area contributed by atoms with E-state index in [4.69, 9.17) is 11.6 Å². The van der Waals surface area contributed by atoms with E-state index in [1.54, 1.807) is 6.07 Å². The Morgan fingerprint density at radius 1 is 1.08 bits per heavy atom. The summed E-state index contributed by atoms with van der Waals surface area (Å²) in [4.78, 5) is 32.3. The highest BCUT2D eigenvalue weighted by molar-refractivity contribution is 6.32. The third kappa shape index (κ3) is 3.90. The van der Waals surface area contributed by atoms with Crippen LogP contribution in [-0.2, 0) is 0 Å². The lowest BCUT2D eigenvalue weighted by atomic mass is 10.2. The number of hydrazone groups is 1. The Balaban J connectivity index is 2.15. The predicted molar refractivity (Wildman–Crippen MR) is 86.3 cm³/mol. The van der Waals surface area contributed by atoms with Gasteiger partial charge in [0, 0.05) is 17.7 Å². The Labute approximate surface area is 139 Å². The molecule has 1 N–H and O–H groups in total. The van der Waals surface area contributed by atoms with Crippen molar-refractivity contribution in [2.24, 2.45) is 5.10 Å². The van der Waals surface area contributed by atoms with Crippen LogP contribution in [0.3, 0.4) is 0 Å². The third-order valence-electron chi connectivity index (χ3n) is 2.91. The molecule has 10 heteroatoms. The maximum absolute atomic E-state index is 11.9. The number of carbonyl (C=O) groups excluding carboxylic acids is 1. The van der Waals surface area contributed by atoms with E-state index in [2.05, 4.69) is 10.5 Å². The lowest BCUT2D eigenvalue weighted by molar-refractivity contribution is -0.385. The van der Waals surface area contributed by atoms with Crippen LogP contribution in [-0.4, -0.2) is 22.0 Å². The molecule has 0 aliphatic heterocycles. The van der Waals surface area contributed by atoms with Crippen LogP contribution in [0.2, 0.25) is 5.02 Å². The SMILES string of the molecule is O=C(N/N=C/c1ccccc1[N+](=O)[O-])c1ccc(Cl)c([N+](=O)[O-])c1. The van der Waals surface area contributed by atoms with Crippen molar-refractivity contribution in [3.05, 3.63) is 78.8 Å².